The van der Waals surface area contributed by atoms with Crippen molar-refractivity contribution < 1.29 is 28.8 Å². The Hall–Kier alpha value is -4.74. The topological polar surface area (TPSA) is 159 Å². The molecular formula is C26H20N6O6. The first-order valence-electron chi connectivity index (χ1n) is 12.2. The normalized spacial score (nSPS) is 34.0. The van der Waals surface area contributed by atoms with Crippen LogP contribution in [0.1, 0.15) is 20.7 Å². The van der Waals surface area contributed by atoms with Gasteiger partial charge in [-0.3, -0.25) is 49.6 Å². The quantitative estimate of drug-likeness (QED) is 0.419. The highest BCUT2D eigenvalue weighted by Gasteiger charge is 2.75. The van der Waals surface area contributed by atoms with Crippen molar-refractivity contribution >= 4 is 35.4 Å². The van der Waals surface area contributed by atoms with Crippen LogP contribution in [-0.4, -0.2) is 55.4 Å². The van der Waals surface area contributed by atoms with Crippen LogP contribution in [0.4, 0.5) is 0 Å². The molecule has 4 fully saturated rings. The number of carbonyl (C=O) groups is 6. The lowest BCUT2D eigenvalue weighted by Gasteiger charge is -2.60. The van der Waals surface area contributed by atoms with Gasteiger partial charge in [0.25, 0.3) is 35.4 Å². The first kappa shape index (κ1) is 22.5. The summed E-state index contributed by atoms with van der Waals surface area (Å²) in [5, 5.41) is 1.58. The Balaban J connectivity index is 1.13. The Labute approximate surface area is 215 Å². The van der Waals surface area contributed by atoms with Gasteiger partial charge in [0.2, 0.25) is 0 Å². The van der Waals surface area contributed by atoms with Gasteiger partial charge in [0.1, 0.15) is 0 Å². The fraction of sp³-hybridized carbons (Fsp3) is 0.308. The number of allylic oxidation sites excluding steroid dienone is 2. The monoisotopic (exact) mass is 512 g/mol. The fourth-order valence-corrected chi connectivity index (χ4v) is 7.16. The number of imide groups is 2. The number of hydrogen-bond donors (Lipinski definition) is 2. The SMILES string of the molecule is O=C(NN1C(=O)[C@@H]2[C@@H](C1=O)[C@H]1[C@H]3C=C[C@H]([C@H]4C(=O)N(NC(=O)c5ccncc5)C(=O)[C@@H]34)[C@H]21)c1ccncc1. The van der Waals surface area contributed by atoms with Crippen LogP contribution in [0, 0.1) is 47.3 Å². The first-order valence-corrected chi connectivity index (χ1v) is 12.2. The molecule has 0 unspecified atom stereocenters. The molecule has 6 aliphatic rings. The molecule has 2 N–H and O–H groups in total. The predicted octanol–water partition coefficient (Wildman–Crippen LogP) is -0.269. The molecule has 4 aliphatic carbocycles. The molecule has 2 aromatic heterocycles. The van der Waals surface area contributed by atoms with Crippen molar-refractivity contribution in [1.82, 2.24) is 30.8 Å². The van der Waals surface area contributed by atoms with Gasteiger partial charge in [0.05, 0.1) is 23.7 Å². The van der Waals surface area contributed by atoms with E-state index in [2.05, 4.69) is 20.8 Å². The molecule has 190 valence electrons. The summed E-state index contributed by atoms with van der Waals surface area (Å²) in [7, 11) is 0. The van der Waals surface area contributed by atoms with Crippen molar-refractivity contribution in [2.45, 2.75) is 0 Å². The molecule has 12 heteroatoms. The lowest BCUT2D eigenvalue weighted by atomic mass is 9.40. The molecule has 8 atom stereocenters. The summed E-state index contributed by atoms with van der Waals surface area (Å²) in [4.78, 5) is 86.4. The number of nitrogens with one attached hydrogen (secondary N) is 2. The minimum absolute atomic E-state index is 0.247. The average molecular weight is 512 g/mol. The van der Waals surface area contributed by atoms with E-state index >= 15 is 0 Å². The maximum atomic E-state index is 13.4. The van der Waals surface area contributed by atoms with E-state index in [9.17, 15) is 28.8 Å². The maximum absolute atomic E-state index is 13.4. The molecule has 12 nitrogen and oxygen atoms in total. The lowest BCUT2D eigenvalue weighted by Crippen LogP contribution is -2.63. The van der Waals surface area contributed by atoms with Crippen LogP contribution in [0.15, 0.2) is 61.2 Å². The van der Waals surface area contributed by atoms with Gasteiger partial charge < -0.3 is 0 Å². The summed E-state index contributed by atoms with van der Waals surface area (Å²) in [6.45, 7) is 0. The minimum Gasteiger partial charge on any atom is -0.272 e. The van der Waals surface area contributed by atoms with E-state index in [0.717, 1.165) is 10.0 Å². The standard InChI is InChI=1S/C26H20N6O6/c33-21(11-3-7-27-8-4-11)29-31-23(35)17-13-1-2-14(18(17)24(31)36)16-15(13)19-20(16)26(38)32(25(19)37)30-22(34)12-5-9-28-10-6-12/h1-10,13-20H,(H,29,33)(H,30,34)/t13-,14+,15-,16-,17+,18-,19-,20-/m0/s1. The summed E-state index contributed by atoms with van der Waals surface area (Å²) < 4.78 is 0. The van der Waals surface area contributed by atoms with Gasteiger partial charge in [0.15, 0.2) is 0 Å². The third-order valence-electron chi connectivity index (χ3n) is 8.66. The Kier molecular flexibility index (Phi) is 4.66. The zero-order valence-corrected chi connectivity index (χ0v) is 19.6. The third kappa shape index (κ3) is 2.85. The molecular weight excluding hydrogens is 492 g/mol. The van der Waals surface area contributed by atoms with Gasteiger partial charge in [-0.2, -0.15) is 10.0 Å². The van der Waals surface area contributed by atoms with Gasteiger partial charge in [-0.05, 0) is 47.9 Å². The van der Waals surface area contributed by atoms with Crippen molar-refractivity contribution in [3.8, 4) is 0 Å². The van der Waals surface area contributed by atoms with Gasteiger partial charge in [0, 0.05) is 35.9 Å². The number of rotatable bonds is 4. The van der Waals surface area contributed by atoms with E-state index in [1.807, 2.05) is 12.2 Å². The number of hydrogen-bond acceptors (Lipinski definition) is 8. The maximum Gasteiger partial charge on any atom is 0.270 e. The van der Waals surface area contributed by atoms with Crippen molar-refractivity contribution in [3.05, 3.63) is 72.3 Å². The summed E-state index contributed by atoms with van der Waals surface area (Å²) in [5.74, 6) is -7.66. The predicted molar refractivity (Wildman–Crippen MR) is 124 cm³/mol. The van der Waals surface area contributed by atoms with Crippen LogP contribution in [0.2, 0.25) is 0 Å². The molecule has 0 spiro atoms. The van der Waals surface area contributed by atoms with Crippen LogP contribution in [0.3, 0.4) is 0 Å². The van der Waals surface area contributed by atoms with Crippen molar-refractivity contribution in [1.29, 1.82) is 0 Å². The highest BCUT2D eigenvalue weighted by atomic mass is 16.2. The van der Waals surface area contributed by atoms with Gasteiger partial charge in [-0.15, -0.1) is 0 Å². The first-order chi connectivity index (χ1) is 18.4. The van der Waals surface area contributed by atoms with Crippen LogP contribution in [-0.2, 0) is 19.2 Å². The minimum atomic E-state index is -0.735. The zero-order valence-electron chi connectivity index (χ0n) is 19.6. The summed E-state index contributed by atoms with van der Waals surface area (Å²) in [6.07, 6.45) is 9.44. The highest BCUT2D eigenvalue weighted by Crippen LogP contribution is 2.67. The molecule has 2 saturated carbocycles. The molecule has 4 heterocycles. The molecule has 2 aliphatic heterocycles. The fourth-order valence-electron chi connectivity index (χ4n) is 7.16. The van der Waals surface area contributed by atoms with Crippen molar-refractivity contribution in [2.75, 3.05) is 0 Å². The second-order valence-corrected chi connectivity index (χ2v) is 10.2. The van der Waals surface area contributed by atoms with E-state index in [4.69, 9.17) is 0 Å². The van der Waals surface area contributed by atoms with E-state index in [0.29, 0.717) is 0 Å². The molecule has 2 bridgehead atoms. The van der Waals surface area contributed by atoms with Gasteiger partial charge >= 0.3 is 0 Å². The van der Waals surface area contributed by atoms with Crippen molar-refractivity contribution in [2.24, 2.45) is 47.3 Å². The van der Waals surface area contributed by atoms with Crippen LogP contribution in [0.25, 0.3) is 0 Å². The highest BCUT2D eigenvalue weighted by molar-refractivity contribution is 6.11. The molecule has 6 amide bonds. The average Bonchev–Trinajstić information content (AvgIpc) is 3.29. The van der Waals surface area contributed by atoms with E-state index in [1.54, 1.807) is 0 Å². The Morgan fingerprint density at radius 2 is 0.921 bits per heavy atom. The summed E-state index contributed by atoms with van der Waals surface area (Å²) in [5.41, 5.74) is 5.34. The lowest BCUT2D eigenvalue weighted by molar-refractivity contribution is -0.166. The summed E-state index contributed by atoms with van der Waals surface area (Å²) >= 11 is 0. The zero-order chi connectivity index (χ0) is 26.3. The number of amides is 6. The van der Waals surface area contributed by atoms with Crippen LogP contribution in [0.5, 0.6) is 0 Å². The largest absolute Gasteiger partial charge is 0.272 e. The number of aromatic nitrogens is 2. The Morgan fingerprint density at radius 1 is 0.579 bits per heavy atom. The molecule has 0 radical (unpaired) electrons. The Morgan fingerprint density at radius 3 is 1.29 bits per heavy atom. The number of pyridine rings is 2. The Bertz CT molecular complexity index is 1410. The second-order valence-electron chi connectivity index (χ2n) is 10.2. The molecule has 2 saturated heterocycles. The van der Waals surface area contributed by atoms with Crippen LogP contribution < -0.4 is 10.9 Å². The van der Waals surface area contributed by atoms with E-state index < -0.39 is 71.0 Å². The van der Waals surface area contributed by atoms with Gasteiger partial charge in [-0.25, -0.2) is 0 Å². The number of hydrazine groups is 2. The van der Waals surface area contributed by atoms with Gasteiger partial charge in [-0.1, -0.05) is 12.2 Å². The molecule has 2 aromatic rings. The third-order valence-corrected chi connectivity index (χ3v) is 8.66. The molecule has 38 heavy (non-hydrogen) atoms. The molecule has 0 aromatic carbocycles. The van der Waals surface area contributed by atoms with E-state index in [-0.39, 0.29) is 23.0 Å². The summed E-state index contributed by atoms with van der Waals surface area (Å²) in [6, 6.07) is 5.88. The smallest absolute Gasteiger partial charge is 0.270 e. The molecule has 8 rings (SSSR count). The number of nitrogens with zero attached hydrogens (tertiary/aromatic N) is 4. The van der Waals surface area contributed by atoms with Crippen molar-refractivity contribution in [3.63, 3.8) is 0 Å². The van der Waals surface area contributed by atoms with Crippen LogP contribution >= 0.6 is 0 Å². The number of fused-ring (bicyclic) bond motifs is 1. The second kappa shape index (κ2) is 7.88. The van der Waals surface area contributed by atoms with E-state index in [1.165, 1.54) is 49.1 Å². The number of carbonyl (C=O) groups excluding carboxylic acids is 6.